The SMILES string of the molecule is FC(F)(F)c1cccc(CN2CCN(c3nnnn3-c3ccccc3)CC2)c1. The van der Waals surface area contributed by atoms with E-state index in [-0.39, 0.29) is 0 Å². The van der Waals surface area contributed by atoms with Gasteiger partial charge in [0, 0.05) is 32.7 Å². The molecule has 3 aromatic rings. The molecule has 2 heterocycles. The van der Waals surface area contributed by atoms with Crippen LogP contribution in [-0.2, 0) is 12.7 Å². The van der Waals surface area contributed by atoms with Crippen LogP contribution in [0.15, 0.2) is 54.6 Å². The topological polar surface area (TPSA) is 50.1 Å². The van der Waals surface area contributed by atoms with Gasteiger partial charge in [-0.3, -0.25) is 4.90 Å². The van der Waals surface area contributed by atoms with Gasteiger partial charge < -0.3 is 4.90 Å². The molecule has 28 heavy (non-hydrogen) atoms. The number of benzene rings is 2. The number of halogens is 3. The van der Waals surface area contributed by atoms with Crippen molar-refractivity contribution >= 4 is 5.95 Å². The van der Waals surface area contributed by atoms with Crippen LogP contribution in [-0.4, -0.2) is 51.3 Å². The van der Waals surface area contributed by atoms with Crippen molar-refractivity contribution in [2.75, 3.05) is 31.1 Å². The summed E-state index contributed by atoms with van der Waals surface area (Å²) in [5, 5.41) is 12.0. The lowest BCUT2D eigenvalue weighted by molar-refractivity contribution is -0.137. The monoisotopic (exact) mass is 388 g/mol. The van der Waals surface area contributed by atoms with E-state index in [1.54, 1.807) is 10.7 Å². The lowest BCUT2D eigenvalue weighted by Gasteiger charge is -2.34. The molecule has 0 radical (unpaired) electrons. The van der Waals surface area contributed by atoms with E-state index in [4.69, 9.17) is 0 Å². The molecule has 0 spiro atoms. The van der Waals surface area contributed by atoms with E-state index in [0.717, 1.165) is 24.8 Å². The van der Waals surface area contributed by atoms with Crippen LogP contribution in [0.4, 0.5) is 19.1 Å². The van der Waals surface area contributed by atoms with Crippen molar-refractivity contribution in [2.45, 2.75) is 12.7 Å². The molecular weight excluding hydrogens is 369 g/mol. The lowest BCUT2D eigenvalue weighted by Crippen LogP contribution is -2.46. The zero-order chi connectivity index (χ0) is 19.6. The molecule has 4 rings (SSSR count). The van der Waals surface area contributed by atoms with Gasteiger partial charge in [-0.2, -0.15) is 17.9 Å². The second-order valence-corrected chi connectivity index (χ2v) is 6.69. The van der Waals surface area contributed by atoms with Gasteiger partial charge in [0.15, 0.2) is 0 Å². The highest BCUT2D eigenvalue weighted by atomic mass is 19.4. The van der Waals surface area contributed by atoms with Crippen molar-refractivity contribution in [2.24, 2.45) is 0 Å². The number of alkyl halides is 3. The summed E-state index contributed by atoms with van der Waals surface area (Å²) in [6, 6.07) is 15.2. The van der Waals surface area contributed by atoms with Crippen LogP contribution in [0.25, 0.3) is 5.69 Å². The van der Waals surface area contributed by atoms with Crippen LogP contribution in [0.3, 0.4) is 0 Å². The summed E-state index contributed by atoms with van der Waals surface area (Å²) in [5.41, 5.74) is 0.942. The maximum absolute atomic E-state index is 12.9. The molecule has 1 aromatic heterocycles. The minimum absolute atomic E-state index is 0.487. The summed E-state index contributed by atoms with van der Waals surface area (Å²) >= 11 is 0. The first-order chi connectivity index (χ1) is 13.5. The molecule has 2 aromatic carbocycles. The fourth-order valence-electron chi connectivity index (χ4n) is 3.33. The Morgan fingerprint density at radius 3 is 2.36 bits per heavy atom. The molecule has 9 heteroatoms. The van der Waals surface area contributed by atoms with Crippen molar-refractivity contribution in [3.63, 3.8) is 0 Å². The van der Waals surface area contributed by atoms with E-state index in [2.05, 4.69) is 25.3 Å². The molecule has 0 bridgehead atoms. The van der Waals surface area contributed by atoms with Crippen molar-refractivity contribution < 1.29 is 13.2 Å². The van der Waals surface area contributed by atoms with E-state index in [0.29, 0.717) is 31.1 Å². The van der Waals surface area contributed by atoms with E-state index in [9.17, 15) is 13.2 Å². The van der Waals surface area contributed by atoms with E-state index in [1.165, 1.54) is 12.1 Å². The number of para-hydroxylation sites is 1. The van der Waals surface area contributed by atoms with Gasteiger partial charge in [0.2, 0.25) is 5.95 Å². The molecule has 1 fully saturated rings. The van der Waals surface area contributed by atoms with E-state index in [1.807, 2.05) is 30.3 Å². The summed E-state index contributed by atoms with van der Waals surface area (Å²) in [7, 11) is 0. The average Bonchev–Trinajstić information content (AvgIpc) is 3.19. The molecule has 0 amide bonds. The maximum Gasteiger partial charge on any atom is 0.416 e. The number of tetrazole rings is 1. The molecule has 0 atom stereocenters. The van der Waals surface area contributed by atoms with Crippen LogP contribution in [0.5, 0.6) is 0 Å². The summed E-state index contributed by atoms with van der Waals surface area (Å²) in [4.78, 5) is 4.23. The smallest absolute Gasteiger partial charge is 0.337 e. The van der Waals surface area contributed by atoms with Gasteiger partial charge in [0.1, 0.15) is 0 Å². The Morgan fingerprint density at radius 1 is 0.893 bits per heavy atom. The van der Waals surface area contributed by atoms with E-state index < -0.39 is 11.7 Å². The third kappa shape index (κ3) is 3.99. The summed E-state index contributed by atoms with van der Waals surface area (Å²) in [6.07, 6.45) is -4.32. The zero-order valence-electron chi connectivity index (χ0n) is 15.0. The van der Waals surface area contributed by atoms with E-state index >= 15 is 0 Å². The van der Waals surface area contributed by atoms with Crippen molar-refractivity contribution in [1.82, 2.24) is 25.1 Å². The number of hydrogen-bond donors (Lipinski definition) is 0. The predicted molar refractivity (Wildman–Crippen MR) is 98.1 cm³/mol. The molecular formula is C19H19F3N6. The third-order valence-corrected chi connectivity index (χ3v) is 4.77. The number of piperazine rings is 1. The fourth-order valence-corrected chi connectivity index (χ4v) is 3.33. The second kappa shape index (κ2) is 7.59. The molecule has 0 unspecified atom stereocenters. The van der Waals surface area contributed by atoms with Crippen LogP contribution in [0.1, 0.15) is 11.1 Å². The van der Waals surface area contributed by atoms with Gasteiger partial charge in [-0.25, -0.2) is 0 Å². The molecule has 0 N–H and O–H groups in total. The third-order valence-electron chi connectivity index (χ3n) is 4.77. The molecule has 0 saturated carbocycles. The Morgan fingerprint density at radius 2 is 1.64 bits per heavy atom. The van der Waals surface area contributed by atoms with Gasteiger partial charge >= 0.3 is 6.18 Å². The number of aromatic nitrogens is 4. The summed E-state index contributed by atoms with van der Waals surface area (Å²) in [6.45, 7) is 3.33. The molecule has 6 nitrogen and oxygen atoms in total. The molecule has 1 aliphatic heterocycles. The minimum atomic E-state index is -4.32. The second-order valence-electron chi connectivity index (χ2n) is 6.69. The number of anilines is 1. The largest absolute Gasteiger partial charge is 0.416 e. The number of nitrogens with zero attached hydrogens (tertiary/aromatic N) is 6. The van der Waals surface area contributed by atoms with Crippen molar-refractivity contribution in [3.05, 3.63) is 65.7 Å². The number of rotatable bonds is 4. The highest BCUT2D eigenvalue weighted by molar-refractivity contribution is 5.40. The number of hydrogen-bond acceptors (Lipinski definition) is 5. The van der Waals surface area contributed by atoms with Gasteiger partial charge in [-0.15, -0.1) is 0 Å². The Hall–Kier alpha value is -2.94. The van der Waals surface area contributed by atoms with Crippen molar-refractivity contribution in [3.8, 4) is 5.69 Å². The predicted octanol–water partition coefficient (Wildman–Crippen LogP) is 3.00. The first kappa shape index (κ1) is 18.4. The summed E-state index contributed by atoms with van der Waals surface area (Å²) < 4.78 is 40.4. The molecule has 1 aliphatic rings. The van der Waals surface area contributed by atoms with Crippen LogP contribution in [0, 0.1) is 0 Å². The van der Waals surface area contributed by atoms with Crippen LogP contribution in [0.2, 0.25) is 0 Å². The minimum Gasteiger partial charge on any atom is -0.337 e. The first-order valence-electron chi connectivity index (χ1n) is 8.98. The zero-order valence-corrected chi connectivity index (χ0v) is 15.0. The van der Waals surface area contributed by atoms with Gasteiger partial charge in [0.25, 0.3) is 0 Å². The van der Waals surface area contributed by atoms with Gasteiger partial charge in [-0.05, 0) is 34.2 Å². The Kier molecular flexibility index (Phi) is 4.99. The highest BCUT2D eigenvalue weighted by Gasteiger charge is 2.30. The molecule has 0 aliphatic carbocycles. The van der Waals surface area contributed by atoms with Crippen molar-refractivity contribution in [1.29, 1.82) is 0 Å². The van der Waals surface area contributed by atoms with Gasteiger partial charge in [-0.1, -0.05) is 41.5 Å². The average molecular weight is 388 g/mol. The highest BCUT2D eigenvalue weighted by Crippen LogP contribution is 2.30. The standard InChI is InChI=1S/C19H19F3N6/c20-19(21,22)16-6-4-5-15(13-16)14-26-9-11-27(12-10-26)18-23-24-25-28(18)17-7-2-1-3-8-17/h1-8,13H,9-12,14H2. The fraction of sp³-hybridized carbons (Fsp3) is 0.316. The maximum atomic E-state index is 12.9. The first-order valence-corrected chi connectivity index (χ1v) is 8.98. The Balaban J connectivity index is 1.41. The molecule has 146 valence electrons. The lowest BCUT2D eigenvalue weighted by atomic mass is 10.1. The molecule has 1 saturated heterocycles. The normalized spacial score (nSPS) is 15.8. The Labute approximate surface area is 160 Å². The summed E-state index contributed by atoms with van der Waals surface area (Å²) in [5.74, 6) is 0.671. The Bertz CT molecular complexity index is 917. The quantitative estimate of drug-likeness (QED) is 0.688. The van der Waals surface area contributed by atoms with Gasteiger partial charge in [0.05, 0.1) is 11.3 Å². The van der Waals surface area contributed by atoms with Crippen LogP contribution < -0.4 is 4.90 Å². The van der Waals surface area contributed by atoms with Crippen LogP contribution >= 0.6 is 0 Å².